The molecule has 0 amide bonds. The number of hydrogen-bond acceptors (Lipinski definition) is 4. The van der Waals surface area contributed by atoms with Gasteiger partial charge in [0.25, 0.3) is 6.43 Å². The molecule has 0 bridgehead atoms. The van der Waals surface area contributed by atoms with Gasteiger partial charge >= 0.3 is 8.80 Å². The van der Waals surface area contributed by atoms with Gasteiger partial charge in [0.2, 0.25) is 12.5 Å². The Labute approximate surface area is 124 Å². The molecule has 3 atom stereocenters. The van der Waals surface area contributed by atoms with E-state index in [4.69, 9.17) is 18.0 Å². The highest BCUT2D eigenvalue weighted by molar-refractivity contribution is 6.62. The van der Waals surface area contributed by atoms with Crippen LogP contribution in [0.2, 0.25) is 0 Å². The average molecular weight is 336 g/mol. The van der Waals surface area contributed by atoms with Crippen molar-refractivity contribution in [3.05, 3.63) is 0 Å². The molecule has 128 valence electrons. The van der Waals surface area contributed by atoms with Crippen molar-refractivity contribution < 1.29 is 35.6 Å². The van der Waals surface area contributed by atoms with Crippen LogP contribution in [0, 0.1) is 0 Å². The van der Waals surface area contributed by atoms with E-state index in [1.165, 1.54) is 0 Å². The van der Waals surface area contributed by atoms with Crippen LogP contribution in [0.5, 0.6) is 0 Å². The molecule has 0 saturated heterocycles. The number of halogens is 4. The van der Waals surface area contributed by atoms with Gasteiger partial charge in [-0.15, -0.1) is 0 Å². The molecule has 0 aliphatic rings. The quantitative estimate of drug-likeness (QED) is 0.405. The van der Waals surface area contributed by atoms with Crippen LogP contribution in [0.3, 0.4) is 0 Å². The predicted molar refractivity (Wildman–Crippen MR) is 71.6 cm³/mol. The Morgan fingerprint density at radius 3 is 1.52 bits per heavy atom. The van der Waals surface area contributed by atoms with E-state index in [1.54, 1.807) is 27.7 Å². The second kappa shape index (κ2) is 10.5. The molecule has 0 saturated carbocycles. The first kappa shape index (κ1) is 20.8. The van der Waals surface area contributed by atoms with Gasteiger partial charge in [0.1, 0.15) is 5.73 Å². The second-order valence-corrected chi connectivity index (χ2v) is 6.78. The van der Waals surface area contributed by atoms with Gasteiger partial charge in [-0.3, -0.25) is 0 Å². The van der Waals surface area contributed by atoms with Gasteiger partial charge in [-0.1, -0.05) is 6.92 Å². The molecule has 0 aromatic heterocycles. The van der Waals surface area contributed by atoms with Crippen LogP contribution in [-0.2, 0) is 18.0 Å². The van der Waals surface area contributed by atoms with Crippen LogP contribution in [0.1, 0.15) is 34.1 Å². The van der Waals surface area contributed by atoms with Crippen molar-refractivity contribution in [1.82, 2.24) is 0 Å². The van der Waals surface area contributed by atoms with Crippen LogP contribution in [0.25, 0.3) is 0 Å². The maximum absolute atomic E-state index is 13.5. The summed E-state index contributed by atoms with van der Waals surface area (Å²) in [5, 5.41) is 0. The van der Waals surface area contributed by atoms with Crippen molar-refractivity contribution in [2.75, 3.05) is 19.8 Å². The third-order valence-corrected chi connectivity index (χ3v) is 5.99. The summed E-state index contributed by atoms with van der Waals surface area (Å²) in [5.74, 6) is 0. The largest absolute Gasteiger partial charge is 0.531 e. The zero-order valence-electron chi connectivity index (χ0n) is 12.8. The van der Waals surface area contributed by atoms with Crippen molar-refractivity contribution in [3.8, 4) is 0 Å². The lowest BCUT2D eigenvalue weighted by molar-refractivity contribution is -0.154. The lowest BCUT2D eigenvalue weighted by atomic mass is 10.4. The highest BCUT2D eigenvalue weighted by Crippen LogP contribution is 2.25. The zero-order valence-corrected chi connectivity index (χ0v) is 13.8. The third kappa shape index (κ3) is 6.19. The van der Waals surface area contributed by atoms with Crippen LogP contribution in [0.15, 0.2) is 0 Å². The Bertz CT molecular complexity index is 257. The number of alkyl halides is 4. The lowest BCUT2D eigenvalue weighted by Crippen LogP contribution is -2.58. The molecule has 0 aliphatic heterocycles. The normalized spacial score (nSPS) is 17.0. The van der Waals surface area contributed by atoms with Gasteiger partial charge in [0.15, 0.2) is 0 Å². The van der Waals surface area contributed by atoms with E-state index < -0.39 is 33.5 Å². The maximum atomic E-state index is 13.5. The number of ether oxygens (including phenoxy) is 1. The van der Waals surface area contributed by atoms with Crippen molar-refractivity contribution >= 4 is 8.80 Å². The van der Waals surface area contributed by atoms with E-state index in [0.29, 0.717) is 0 Å². The summed E-state index contributed by atoms with van der Waals surface area (Å²) in [6, 6.07) is 0. The van der Waals surface area contributed by atoms with E-state index in [9.17, 15) is 17.6 Å². The summed E-state index contributed by atoms with van der Waals surface area (Å²) in [6.07, 6.45) is -9.05. The SMILES string of the molecule is CCO[Si](OCC)(OCC)C(CC)OC(F)C(F)C(F)F. The van der Waals surface area contributed by atoms with Crippen molar-refractivity contribution in [2.45, 2.75) is 58.8 Å². The molecule has 0 N–H and O–H groups in total. The fourth-order valence-corrected chi connectivity index (χ4v) is 4.59. The smallest absolute Gasteiger partial charge is 0.372 e. The van der Waals surface area contributed by atoms with Crippen LogP contribution < -0.4 is 0 Å². The molecule has 21 heavy (non-hydrogen) atoms. The van der Waals surface area contributed by atoms with Gasteiger partial charge in [-0.2, -0.15) is 0 Å². The van der Waals surface area contributed by atoms with Crippen LogP contribution in [-0.4, -0.2) is 53.3 Å². The highest BCUT2D eigenvalue weighted by Gasteiger charge is 2.51. The molecule has 0 aromatic rings. The van der Waals surface area contributed by atoms with Crippen molar-refractivity contribution in [3.63, 3.8) is 0 Å². The fraction of sp³-hybridized carbons (Fsp3) is 1.00. The summed E-state index contributed by atoms with van der Waals surface area (Å²) in [7, 11) is -3.44. The van der Waals surface area contributed by atoms with Gasteiger partial charge in [-0.05, 0) is 27.2 Å². The first-order valence-electron chi connectivity index (χ1n) is 7.01. The maximum Gasteiger partial charge on any atom is 0.531 e. The van der Waals surface area contributed by atoms with Crippen molar-refractivity contribution in [1.29, 1.82) is 0 Å². The third-order valence-electron chi connectivity index (χ3n) is 2.59. The fourth-order valence-electron chi connectivity index (χ4n) is 1.78. The summed E-state index contributed by atoms with van der Waals surface area (Å²) < 4.78 is 72.2. The topological polar surface area (TPSA) is 36.9 Å². The minimum atomic E-state index is -3.46. The molecule has 0 rings (SSSR count). The second-order valence-electron chi connectivity index (χ2n) is 4.07. The molecule has 0 fully saturated rings. The van der Waals surface area contributed by atoms with Crippen LogP contribution in [0.4, 0.5) is 17.6 Å². The molecule has 0 aromatic carbocycles. The molecule has 0 aliphatic carbocycles. The molecule has 4 nitrogen and oxygen atoms in total. The van der Waals surface area contributed by atoms with Gasteiger partial charge < -0.3 is 18.0 Å². The lowest BCUT2D eigenvalue weighted by Gasteiger charge is -2.35. The Morgan fingerprint density at radius 1 is 0.810 bits per heavy atom. The Kier molecular flexibility index (Phi) is 10.4. The molecule has 9 heteroatoms. The summed E-state index contributed by atoms with van der Waals surface area (Å²) in [4.78, 5) is 0. The van der Waals surface area contributed by atoms with Gasteiger partial charge in [0.05, 0.1) is 0 Å². The van der Waals surface area contributed by atoms with Crippen LogP contribution >= 0.6 is 0 Å². The van der Waals surface area contributed by atoms with E-state index in [-0.39, 0.29) is 26.2 Å². The van der Waals surface area contributed by atoms with E-state index >= 15 is 0 Å². The zero-order chi connectivity index (χ0) is 16.5. The Balaban J connectivity index is 5.10. The van der Waals surface area contributed by atoms with E-state index in [0.717, 1.165) is 0 Å². The predicted octanol–water partition coefficient (Wildman–Crippen LogP) is 3.27. The number of rotatable bonds is 12. The van der Waals surface area contributed by atoms with E-state index in [2.05, 4.69) is 0 Å². The van der Waals surface area contributed by atoms with Gasteiger partial charge in [0, 0.05) is 19.8 Å². The van der Waals surface area contributed by atoms with E-state index in [1.807, 2.05) is 0 Å². The summed E-state index contributed by atoms with van der Waals surface area (Å²) in [5.41, 5.74) is -1.05. The Hall–Kier alpha value is -0.223. The van der Waals surface area contributed by atoms with Crippen molar-refractivity contribution in [2.24, 2.45) is 0 Å². The minimum Gasteiger partial charge on any atom is -0.372 e. The van der Waals surface area contributed by atoms with Gasteiger partial charge in [-0.25, -0.2) is 17.6 Å². The standard InChI is InChI=1S/C12H24F4O4Si/c1-5-9(20-12(16)10(13)11(14)15)21(17-6-2,18-7-3)19-8-4/h9-12H,5-8H2,1-4H3. The highest BCUT2D eigenvalue weighted by atomic mass is 28.4. The summed E-state index contributed by atoms with van der Waals surface area (Å²) >= 11 is 0. The molecule has 3 unspecified atom stereocenters. The minimum absolute atomic E-state index is 0.183. The average Bonchev–Trinajstić information content (AvgIpc) is 2.44. The Morgan fingerprint density at radius 2 is 1.24 bits per heavy atom. The molecular weight excluding hydrogens is 312 g/mol. The molecular formula is C12H24F4O4Si. The summed E-state index contributed by atoms with van der Waals surface area (Å²) in [6.45, 7) is 7.36. The molecule has 0 heterocycles. The number of hydrogen-bond donors (Lipinski definition) is 0. The molecule has 0 spiro atoms. The first-order valence-corrected chi connectivity index (χ1v) is 8.82. The molecule has 0 radical (unpaired) electrons. The monoisotopic (exact) mass is 336 g/mol. The first-order chi connectivity index (χ1) is 9.88.